The number of allylic oxidation sites excluding steroid dienone is 2. The van der Waals surface area contributed by atoms with E-state index < -0.39 is 0 Å². The van der Waals surface area contributed by atoms with Crippen LogP contribution in [0.4, 0.5) is 0 Å². The SMILES string of the molecule is Cc1oc2ccccc2c1CNC(=O)C[C@H]1C=CCC1. The maximum atomic E-state index is 12.0. The van der Waals surface area contributed by atoms with Gasteiger partial charge in [0.2, 0.25) is 5.91 Å². The van der Waals surface area contributed by atoms with Crippen LogP contribution in [0.3, 0.4) is 0 Å². The zero-order valence-corrected chi connectivity index (χ0v) is 11.7. The topological polar surface area (TPSA) is 42.2 Å². The van der Waals surface area contributed by atoms with E-state index in [2.05, 4.69) is 17.5 Å². The Bertz CT molecular complexity index is 654. The molecule has 1 aromatic carbocycles. The molecule has 2 aromatic rings. The molecular weight excluding hydrogens is 250 g/mol. The Labute approximate surface area is 118 Å². The predicted octanol–water partition coefficient (Wildman–Crippen LogP) is 3.71. The highest BCUT2D eigenvalue weighted by atomic mass is 16.3. The van der Waals surface area contributed by atoms with Gasteiger partial charge in [0.05, 0.1) is 0 Å². The zero-order valence-electron chi connectivity index (χ0n) is 11.7. The summed E-state index contributed by atoms with van der Waals surface area (Å²) < 4.78 is 5.70. The van der Waals surface area contributed by atoms with Crippen molar-refractivity contribution in [3.63, 3.8) is 0 Å². The van der Waals surface area contributed by atoms with Gasteiger partial charge in [-0.3, -0.25) is 4.79 Å². The van der Waals surface area contributed by atoms with Crippen molar-refractivity contribution in [2.45, 2.75) is 32.7 Å². The van der Waals surface area contributed by atoms with E-state index in [0.717, 1.165) is 35.1 Å². The molecule has 3 heteroatoms. The number of hydrogen-bond donors (Lipinski definition) is 1. The normalized spacial score (nSPS) is 17.8. The molecule has 3 nitrogen and oxygen atoms in total. The standard InChI is InChI=1S/C17H19NO2/c1-12-15(14-8-4-5-9-16(14)20-12)11-18-17(19)10-13-6-2-3-7-13/h2,4-6,8-9,13H,3,7,10-11H2,1H3,(H,18,19)/t13-/m0/s1. The van der Waals surface area contributed by atoms with Crippen LogP contribution in [0.1, 0.15) is 30.6 Å². The van der Waals surface area contributed by atoms with E-state index in [0.29, 0.717) is 18.9 Å². The van der Waals surface area contributed by atoms with Crippen molar-refractivity contribution >= 4 is 16.9 Å². The second-order valence-corrected chi connectivity index (χ2v) is 5.38. The summed E-state index contributed by atoms with van der Waals surface area (Å²) in [5, 5.41) is 4.10. The first-order valence-corrected chi connectivity index (χ1v) is 7.14. The first kappa shape index (κ1) is 13.0. The largest absolute Gasteiger partial charge is 0.461 e. The Morgan fingerprint density at radius 2 is 2.25 bits per heavy atom. The smallest absolute Gasteiger partial charge is 0.220 e. The molecular formula is C17H19NO2. The van der Waals surface area contributed by atoms with Crippen molar-refractivity contribution in [2.75, 3.05) is 0 Å². The van der Waals surface area contributed by atoms with E-state index in [1.54, 1.807) is 0 Å². The molecule has 0 radical (unpaired) electrons. The second-order valence-electron chi connectivity index (χ2n) is 5.38. The van der Waals surface area contributed by atoms with Crippen LogP contribution < -0.4 is 5.32 Å². The Kier molecular flexibility index (Phi) is 3.59. The number of hydrogen-bond acceptors (Lipinski definition) is 2. The van der Waals surface area contributed by atoms with Crippen LogP contribution in [0, 0.1) is 12.8 Å². The Morgan fingerprint density at radius 3 is 3.05 bits per heavy atom. The van der Waals surface area contributed by atoms with Crippen LogP contribution in [0.2, 0.25) is 0 Å². The molecule has 1 aliphatic carbocycles. The van der Waals surface area contributed by atoms with Gasteiger partial charge in [0.25, 0.3) is 0 Å². The predicted molar refractivity (Wildman–Crippen MR) is 79.3 cm³/mol. The molecule has 1 N–H and O–H groups in total. The molecule has 20 heavy (non-hydrogen) atoms. The van der Waals surface area contributed by atoms with Gasteiger partial charge in [-0.05, 0) is 31.7 Å². The number of furan rings is 1. The van der Waals surface area contributed by atoms with E-state index in [1.165, 1.54) is 0 Å². The lowest BCUT2D eigenvalue weighted by molar-refractivity contribution is -0.121. The lowest BCUT2D eigenvalue weighted by atomic mass is 10.0. The number of fused-ring (bicyclic) bond motifs is 1. The van der Waals surface area contributed by atoms with Crippen molar-refractivity contribution in [3.8, 4) is 0 Å². The summed E-state index contributed by atoms with van der Waals surface area (Å²) in [6, 6.07) is 7.94. The van der Waals surface area contributed by atoms with Gasteiger partial charge in [0.15, 0.2) is 0 Å². The van der Waals surface area contributed by atoms with Crippen LogP contribution >= 0.6 is 0 Å². The number of para-hydroxylation sites is 1. The third-order valence-corrected chi connectivity index (χ3v) is 3.92. The minimum absolute atomic E-state index is 0.117. The van der Waals surface area contributed by atoms with E-state index in [-0.39, 0.29) is 5.91 Å². The molecule has 0 unspecified atom stereocenters. The average Bonchev–Trinajstić information content (AvgIpc) is 3.03. The molecule has 0 bridgehead atoms. The van der Waals surface area contributed by atoms with E-state index in [9.17, 15) is 4.79 Å². The summed E-state index contributed by atoms with van der Waals surface area (Å²) in [5.41, 5.74) is 1.96. The lowest BCUT2D eigenvalue weighted by Crippen LogP contribution is -2.24. The van der Waals surface area contributed by atoms with E-state index >= 15 is 0 Å². The summed E-state index contributed by atoms with van der Waals surface area (Å²) in [7, 11) is 0. The van der Waals surface area contributed by atoms with Crippen molar-refractivity contribution in [1.29, 1.82) is 0 Å². The fourth-order valence-corrected chi connectivity index (χ4v) is 2.80. The molecule has 104 valence electrons. The minimum Gasteiger partial charge on any atom is -0.461 e. The summed E-state index contributed by atoms with van der Waals surface area (Å²) in [4.78, 5) is 12.0. The molecule has 0 aliphatic heterocycles. The maximum Gasteiger partial charge on any atom is 0.220 e. The first-order chi connectivity index (χ1) is 9.74. The number of benzene rings is 1. The van der Waals surface area contributed by atoms with Gasteiger partial charge < -0.3 is 9.73 Å². The monoisotopic (exact) mass is 269 g/mol. The number of amides is 1. The molecule has 0 saturated carbocycles. The molecule has 0 saturated heterocycles. The third-order valence-electron chi connectivity index (χ3n) is 3.92. The fourth-order valence-electron chi connectivity index (χ4n) is 2.80. The summed E-state index contributed by atoms with van der Waals surface area (Å²) in [5.74, 6) is 1.41. The van der Waals surface area contributed by atoms with E-state index in [1.807, 2.05) is 31.2 Å². The van der Waals surface area contributed by atoms with Crippen molar-refractivity contribution in [1.82, 2.24) is 5.32 Å². The second kappa shape index (κ2) is 5.53. The van der Waals surface area contributed by atoms with Gasteiger partial charge >= 0.3 is 0 Å². The zero-order chi connectivity index (χ0) is 13.9. The number of aryl methyl sites for hydroxylation is 1. The van der Waals surface area contributed by atoms with Gasteiger partial charge in [-0.2, -0.15) is 0 Å². The molecule has 1 amide bonds. The van der Waals surface area contributed by atoms with Crippen LogP contribution in [-0.2, 0) is 11.3 Å². The average molecular weight is 269 g/mol. The van der Waals surface area contributed by atoms with Gasteiger partial charge in [0, 0.05) is 23.9 Å². The molecule has 1 aliphatic rings. The highest BCUT2D eigenvalue weighted by Gasteiger charge is 2.15. The van der Waals surface area contributed by atoms with Gasteiger partial charge in [-0.15, -0.1) is 0 Å². The maximum absolute atomic E-state index is 12.0. The van der Waals surface area contributed by atoms with Gasteiger partial charge in [-0.25, -0.2) is 0 Å². The molecule has 0 fully saturated rings. The molecule has 3 rings (SSSR count). The summed E-state index contributed by atoms with van der Waals surface area (Å²) >= 11 is 0. The highest BCUT2D eigenvalue weighted by molar-refractivity contribution is 5.83. The summed E-state index contributed by atoms with van der Waals surface area (Å²) in [6.45, 7) is 2.49. The highest BCUT2D eigenvalue weighted by Crippen LogP contribution is 2.25. The van der Waals surface area contributed by atoms with Gasteiger partial charge in [-0.1, -0.05) is 30.4 Å². The number of rotatable bonds is 4. The van der Waals surface area contributed by atoms with E-state index in [4.69, 9.17) is 4.42 Å². The van der Waals surface area contributed by atoms with Crippen molar-refractivity contribution in [2.24, 2.45) is 5.92 Å². The van der Waals surface area contributed by atoms with Gasteiger partial charge in [0.1, 0.15) is 11.3 Å². The number of carbonyl (C=O) groups excluding carboxylic acids is 1. The summed E-state index contributed by atoms with van der Waals surface area (Å²) in [6.07, 6.45) is 7.10. The lowest BCUT2D eigenvalue weighted by Gasteiger charge is -2.08. The first-order valence-electron chi connectivity index (χ1n) is 7.14. The van der Waals surface area contributed by atoms with Crippen molar-refractivity contribution < 1.29 is 9.21 Å². The molecule has 1 heterocycles. The third kappa shape index (κ3) is 2.62. The van der Waals surface area contributed by atoms with Crippen molar-refractivity contribution in [3.05, 3.63) is 47.7 Å². The van der Waals surface area contributed by atoms with Crippen LogP contribution in [0.5, 0.6) is 0 Å². The number of nitrogens with one attached hydrogen (secondary N) is 1. The Hall–Kier alpha value is -2.03. The molecule has 1 aromatic heterocycles. The minimum atomic E-state index is 0.117. The Morgan fingerprint density at radius 1 is 1.40 bits per heavy atom. The molecule has 0 spiro atoms. The fraction of sp³-hybridized carbons (Fsp3) is 0.353. The Balaban J connectivity index is 1.66. The van der Waals surface area contributed by atoms with Crippen LogP contribution in [0.25, 0.3) is 11.0 Å². The van der Waals surface area contributed by atoms with Crippen LogP contribution in [-0.4, -0.2) is 5.91 Å². The molecule has 1 atom stereocenters. The van der Waals surface area contributed by atoms with Crippen LogP contribution in [0.15, 0.2) is 40.8 Å². The quantitative estimate of drug-likeness (QED) is 0.860. The number of carbonyl (C=O) groups is 1.